The van der Waals surface area contributed by atoms with Crippen molar-refractivity contribution in [3.63, 3.8) is 0 Å². The number of esters is 1. The smallest absolute Gasteiger partial charge is 0.326 e. The van der Waals surface area contributed by atoms with Crippen molar-refractivity contribution < 1.29 is 9.53 Å². The van der Waals surface area contributed by atoms with E-state index in [1.165, 1.54) is 0 Å². The third-order valence-corrected chi connectivity index (χ3v) is 2.46. The van der Waals surface area contributed by atoms with Crippen molar-refractivity contribution in [1.82, 2.24) is 4.98 Å². The molecule has 1 aliphatic rings. The number of nitrogens with two attached hydrogens (primary N) is 1. The average molecular weight is 192 g/mol. The van der Waals surface area contributed by atoms with E-state index in [0.717, 1.165) is 5.56 Å². The van der Waals surface area contributed by atoms with E-state index in [2.05, 4.69) is 4.98 Å². The molecule has 1 fully saturated rings. The molecule has 1 atom stereocenters. The number of cyclic esters (lactones) is 1. The zero-order chi connectivity index (χ0) is 10.0. The molecule has 0 bridgehead atoms. The van der Waals surface area contributed by atoms with Gasteiger partial charge >= 0.3 is 5.97 Å². The fourth-order valence-electron chi connectivity index (χ4n) is 1.60. The second-order valence-corrected chi connectivity index (χ2v) is 3.57. The zero-order valence-electron chi connectivity index (χ0n) is 7.77. The van der Waals surface area contributed by atoms with Crippen molar-refractivity contribution in [2.75, 3.05) is 6.61 Å². The summed E-state index contributed by atoms with van der Waals surface area (Å²) in [6, 6.07) is 3.72. The first kappa shape index (κ1) is 9.15. The molecular weight excluding hydrogens is 180 g/mol. The lowest BCUT2D eigenvalue weighted by molar-refractivity contribution is -0.142. The summed E-state index contributed by atoms with van der Waals surface area (Å²) < 4.78 is 4.86. The van der Waals surface area contributed by atoms with Gasteiger partial charge in [0.1, 0.15) is 5.54 Å². The first-order valence-corrected chi connectivity index (χ1v) is 4.56. The Morgan fingerprint density at radius 1 is 1.50 bits per heavy atom. The Labute approximate surface area is 82.1 Å². The second-order valence-electron chi connectivity index (χ2n) is 3.57. The number of carbonyl (C=O) groups is 1. The Morgan fingerprint density at radius 2 is 2.21 bits per heavy atom. The number of hydrogen-bond donors (Lipinski definition) is 1. The summed E-state index contributed by atoms with van der Waals surface area (Å²) in [5.41, 5.74) is 6.12. The normalized spacial score (nSPS) is 26.2. The molecule has 14 heavy (non-hydrogen) atoms. The SMILES string of the molecule is NC1(Cc2ccncc2)CCOC1=O. The number of hydrogen-bond acceptors (Lipinski definition) is 4. The molecule has 1 aromatic rings. The molecule has 1 aromatic heterocycles. The van der Waals surface area contributed by atoms with Crippen molar-refractivity contribution in [2.24, 2.45) is 5.73 Å². The highest BCUT2D eigenvalue weighted by molar-refractivity contribution is 5.82. The van der Waals surface area contributed by atoms with Crippen LogP contribution in [0.25, 0.3) is 0 Å². The molecule has 4 heteroatoms. The van der Waals surface area contributed by atoms with E-state index in [1.807, 2.05) is 12.1 Å². The lowest BCUT2D eigenvalue weighted by atomic mass is 9.91. The standard InChI is InChI=1S/C10H12N2O2/c11-10(3-6-14-9(10)13)7-8-1-4-12-5-2-8/h1-2,4-5H,3,6-7,11H2. The molecule has 1 unspecified atom stereocenters. The van der Waals surface area contributed by atoms with Crippen LogP contribution in [0.3, 0.4) is 0 Å². The Balaban J connectivity index is 2.14. The lowest BCUT2D eigenvalue weighted by Gasteiger charge is -2.18. The van der Waals surface area contributed by atoms with Crippen LogP contribution in [-0.4, -0.2) is 23.1 Å². The molecule has 2 rings (SSSR count). The van der Waals surface area contributed by atoms with E-state index in [-0.39, 0.29) is 5.97 Å². The van der Waals surface area contributed by atoms with Crippen LogP contribution in [0.2, 0.25) is 0 Å². The summed E-state index contributed by atoms with van der Waals surface area (Å²) in [6.07, 6.45) is 4.50. The van der Waals surface area contributed by atoms with Crippen molar-refractivity contribution in [1.29, 1.82) is 0 Å². The maximum Gasteiger partial charge on any atom is 0.326 e. The summed E-state index contributed by atoms with van der Waals surface area (Å²) in [7, 11) is 0. The maximum atomic E-state index is 11.3. The van der Waals surface area contributed by atoms with Crippen LogP contribution in [0.1, 0.15) is 12.0 Å². The molecule has 0 amide bonds. The molecule has 0 radical (unpaired) electrons. The summed E-state index contributed by atoms with van der Waals surface area (Å²) in [4.78, 5) is 15.2. The zero-order valence-corrected chi connectivity index (χ0v) is 7.77. The third-order valence-electron chi connectivity index (χ3n) is 2.46. The average Bonchev–Trinajstić information content (AvgIpc) is 2.48. The van der Waals surface area contributed by atoms with Crippen LogP contribution < -0.4 is 5.73 Å². The fourth-order valence-corrected chi connectivity index (χ4v) is 1.60. The van der Waals surface area contributed by atoms with Crippen LogP contribution in [0.15, 0.2) is 24.5 Å². The van der Waals surface area contributed by atoms with Gasteiger partial charge in [-0.15, -0.1) is 0 Å². The van der Waals surface area contributed by atoms with Gasteiger partial charge in [-0.1, -0.05) is 0 Å². The number of rotatable bonds is 2. The highest BCUT2D eigenvalue weighted by atomic mass is 16.5. The Kier molecular flexibility index (Phi) is 2.21. The van der Waals surface area contributed by atoms with Crippen molar-refractivity contribution >= 4 is 5.97 Å². The first-order chi connectivity index (χ1) is 6.71. The molecule has 4 nitrogen and oxygen atoms in total. The van der Waals surface area contributed by atoms with E-state index in [4.69, 9.17) is 10.5 Å². The van der Waals surface area contributed by atoms with Gasteiger partial charge in [-0.2, -0.15) is 0 Å². The Morgan fingerprint density at radius 3 is 2.79 bits per heavy atom. The molecule has 2 heterocycles. The predicted molar refractivity (Wildman–Crippen MR) is 50.4 cm³/mol. The van der Waals surface area contributed by atoms with Crippen LogP contribution in [0, 0.1) is 0 Å². The highest BCUT2D eigenvalue weighted by Crippen LogP contribution is 2.21. The molecule has 1 saturated heterocycles. The molecule has 0 aliphatic carbocycles. The van der Waals surface area contributed by atoms with E-state index >= 15 is 0 Å². The summed E-state index contributed by atoms with van der Waals surface area (Å²) in [6.45, 7) is 0.431. The topological polar surface area (TPSA) is 65.2 Å². The minimum atomic E-state index is -0.832. The van der Waals surface area contributed by atoms with Gasteiger partial charge in [0.25, 0.3) is 0 Å². The van der Waals surface area contributed by atoms with Gasteiger partial charge in [0.2, 0.25) is 0 Å². The van der Waals surface area contributed by atoms with Crippen molar-refractivity contribution in [3.05, 3.63) is 30.1 Å². The number of aromatic nitrogens is 1. The number of carbonyl (C=O) groups excluding carboxylic acids is 1. The largest absolute Gasteiger partial charge is 0.464 e. The van der Waals surface area contributed by atoms with E-state index < -0.39 is 5.54 Å². The maximum absolute atomic E-state index is 11.3. The molecule has 0 aromatic carbocycles. The van der Waals surface area contributed by atoms with Crippen LogP contribution in [-0.2, 0) is 16.0 Å². The number of ether oxygens (including phenoxy) is 1. The predicted octanol–water partition coefficient (Wildman–Crippen LogP) is 0.268. The van der Waals surface area contributed by atoms with Gasteiger partial charge in [0.15, 0.2) is 0 Å². The van der Waals surface area contributed by atoms with Gasteiger partial charge in [-0.25, -0.2) is 0 Å². The van der Waals surface area contributed by atoms with Gasteiger partial charge in [-0.3, -0.25) is 9.78 Å². The molecular formula is C10H12N2O2. The van der Waals surface area contributed by atoms with Crippen molar-refractivity contribution in [2.45, 2.75) is 18.4 Å². The van der Waals surface area contributed by atoms with Gasteiger partial charge in [-0.05, 0) is 17.7 Å². The highest BCUT2D eigenvalue weighted by Gasteiger charge is 2.40. The minimum absolute atomic E-state index is 0.297. The van der Waals surface area contributed by atoms with E-state index in [9.17, 15) is 4.79 Å². The molecule has 2 N–H and O–H groups in total. The molecule has 1 aliphatic heterocycles. The van der Waals surface area contributed by atoms with Gasteiger partial charge in [0.05, 0.1) is 6.61 Å². The molecule has 74 valence electrons. The van der Waals surface area contributed by atoms with Crippen LogP contribution in [0.5, 0.6) is 0 Å². The minimum Gasteiger partial charge on any atom is -0.464 e. The Bertz CT molecular complexity index is 339. The Hall–Kier alpha value is -1.42. The van der Waals surface area contributed by atoms with Crippen LogP contribution in [0.4, 0.5) is 0 Å². The van der Waals surface area contributed by atoms with Crippen LogP contribution >= 0.6 is 0 Å². The molecule has 0 saturated carbocycles. The fraction of sp³-hybridized carbons (Fsp3) is 0.400. The summed E-state index contributed by atoms with van der Waals surface area (Å²) in [5, 5.41) is 0. The second kappa shape index (κ2) is 3.38. The van der Waals surface area contributed by atoms with Crippen molar-refractivity contribution in [3.8, 4) is 0 Å². The van der Waals surface area contributed by atoms with Gasteiger partial charge < -0.3 is 10.5 Å². The monoisotopic (exact) mass is 192 g/mol. The van der Waals surface area contributed by atoms with E-state index in [1.54, 1.807) is 12.4 Å². The van der Waals surface area contributed by atoms with E-state index in [0.29, 0.717) is 19.4 Å². The first-order valence-electron chi connectivity index (χ1n) is 4.56. The number of pyridine rings is 1. The lowest BCUT2D eigenvalue weighted by Crippen LogP contribution is -2.46. The molecule has 0 spiro atoms. The quantitative estimate of drug-likeness (QED) is 0.683. The summed E-state index contributed by atoms with van der Waals surface area (Å²) in [5.74, 6) is -0.297. The number of nitrogens with zero attached hydrogens (tertiary/aromatic N) is 1. The third kappa shape index (κ3) is 1.61. The van der Waals surface area contributed by atoms with Gasteiger partial charge in [0, 0.05) is 25.2 Å². The summed E-state index contributed by atoms with van der Waals surface area (Å²) >= 11 is 0.